The Labute approximate surface area is 163 Å². The minimum Gasteiger partial charge on any atom is -0.378 e. The first kappa shape index (κ1) is 21.1. The molecule has 0 aliphatic heterocycles. The number of halogens is 1. The zero-order chi connectivity index (χ0) is 20.9. The number of aliphatic hydroxyl groups is 1. The first-order valence-corrected chi connectivity index (χ1v) is 8.61. The molecule has 2 amide bonds. The lowest BCUT2D eigenvalue weighted by Crippen LogP contribution is -2.29. The molecule has 0 aliphatic rings. The van der Waals surface area contributed by atoms with Crippen LogP contribution in [-0.2, 0) is 4.79 Å². The van der Waals surface area contributed by atoms with E-state index >= 15 is 0 Å². The Hall–Kier alpha value is -3.24. The first-order valence-electron chi connectivity index (χ1n) is 8.61. The van der Waals surface area contributed by atoms with E-state index < -0.39 is 17.3 Å². The monoisotopic (exact) mass is 383 g/mol. The summed E-state index contributed by atoms with van der Waals surface area (Å²) in [5.41, 5.74) is 5.95. The number of aromatic nitrogens is 1. The van der Waals surface area contributed by atoms with Crippen molar-refractivity contribution in [1.29, 1.82) is 0 Å². The van der Waals surface area contributed by atoms with Crippen molar-refractivity contribution in [2.24, 2.45) is 5.73 Å². The maximum absolute atomic E-state index is 14.2. The van der Waals surface area contributed by atoms with Crippen LogP contribution in [0.1, 0.15) is 35.0 Å². The Kier molecular flexibility index (Phi) is 6.49. The molecule has 7 heteroatoms. The van der Waals surface area contributed by atoms with E-state index in [4.69, 9.17) is 5.73 Å². The van der Waals surface area contributed by atoms with E-state index in [-0.39, 0.29) is 17.7 Å². The summed E-state index contributed by atoms with van der Waals surface area (Å²) in [4.78, 5) is 27.7. The van der Waals surface area contributed by atoms with Crippen LogP contribution in [0.2, 0.25) is 0 Å². The molecule has 2 rings (SSSR count). The average Bonchev–Trinajstić information content (AvgIpc) is 2.65. The molecular weight excluding hydrogens is 361 g/mol. The van der Waals surface area contributed by atoms with Gasteiger partial charge in [-0.3, -0.25) is 9.59 Å². The van der Waals surface area contributed by atoms with Gasteiger partial charge in [-0.1, -0.05) is 11.8 Å². The van der Waals surface area contributed by atoms with Gasteiger partial charge in [0.05, 0.1) is 11.3 Å². The highest BCUT2D eigenvalue weighted by atomic mass is 19.1. The van der Waals surface area contributed by atoms with Gasteiger partial charge in [0.25, 0.3) is 5.91 Å². The number of pyridine rings is 1. The molecule has 0 radical (unpaired) electrons. The molecule has 0 unspecified atom stereocenters. The predicted octanol–water partition coefficient (Wildman–Crippen LogP) is 1.88. The number of nitrogens with two attached hydrogens (primary N) is 1. The van der Waals surface area contributed by atoms with E-state index in [2.05, 4.69) is 16.8 Å². The van der Waals surface area contributed by atoms with Crippen molar-refractivity contribution in [2.45, 2.75) is 25.9 Å². The highest BCUT2D eigenvalue weighted by molar-refractivity contribution is 5.91. The summed E-state index contributed by atoms with van der Waals surface area (Å²) in [5.74, 6) is 4.11. The van der Waals surface area contributed by atoms with Crippen LogP contribution in [0.25, 0.3) is 11.3 Å². The maximum atomic E-state index is 14.2. The minimum absolute atomic E-state index is 0.0884. The number of hydrogen-bond donors (Lipinski definition) is 2. The fourth-order valence-electron chi connectivity index (χ4n) is 2.43. The summed E-state index contributed by atoms with van der Waals surface area (Å²) in [6, 6.07) is 7.61. The number of hydrogen-bond acceptors (Lipinski definition) is 4. The zero-order valence-corrected chi connectivity index (χ0v) is 16.0. The fourth-order valence-corrected chi connectivity index (χ4v) is 2.43. The molecule has 0 fully saturated rings. The number of aryl methyl sites for hydroxylation is 1. The van der Waals surface area contributed by atoms with E-state index in [0.29, 0.717) is 24.2 Å². The van der Waals surface area contributed by atoms with Crippen molar-refractivity contribution in [3.05, 3.63) is 53.0 Å². The maximum Gasteiger partial charge on any atom is 0.267 e. The number of carbonyl (C=O) groups is 2. The van der Waals surface area contributed by atoms with E-state index in [0.717, 1.165) is 5.56 Å². The van der Waals surface area contributed by atoms with Gasteiger partial charge in [0, 0.05) is 25.6 Å². The number of primary amides is 1. The van der Waals surface area contributed by atoms with Crippen LogP contribution in [0, 0.1) is 24.6 Å². The second kappa shape index (κ2) is 8.63. The molecule has 1 heterocycles. The molecule has 6 nitrogen and oxygen atoms in total. The van der Waals surface area contributed by atoms with Crippen molar-refractivity contribution in [3.8, 4) is 23.1 Å². The number of rotatable bonds is 6. The van der Waals surface area contributed by atoms with Crippen LogP contribution in [0.15, 0.2) is 30.3 Å². The van der Waals surface area contributed by atoms with Gasteiger partial charge in [-0.2, -0.15) is 0 Å². The van der Waals surface area contributed by atoms with Gasteiger partial charge in [0.1, 0.15) is 17.1 Å². The summed E-state index contributed by atoms with van der Waals surface area (Å²) in [5, 5.41) is 10.3. The normalized spacial score (nSPS) is 12.5. The summed E-state index contributed by atoms with van der Waals surface area (Å²) < 4.78 is 14.2. The smallest absolute Gasteiger partial charge is 0.267 e. The number of amides is 2. The third-order valence-corrected chi connectivity index (χ3v) is 4.08. The molecule has 1 aromatic heterocycles. The van der Waals surface area contributed by atoms with Crippen LogP contribution < -0.4 is 5.73 Å². The Balaban J connectivity index is 2.35. The molecule has 2 aromatic rings. The lowest BCUT2D eigenvalue weighted by molar-refractivity contribution is -0.117. The van der Waals surface area contributed by atoms with Crippen molar-refractivity contribution in [2.75, 3.05) is 13.6 Å². The molecule has 28 heavy (non-hydrogen) atoms. The molecule has 0 aliphatic carbocycles. The van der Waals surface area contributed by atoms with Crippen LogP contribution >= 0.6 is 0 Å². The van der Waals surface area contributed by atoms with Crippen LogP contribution in [-0.4, -0.2) is 46.5 Å². The molecular formula is C21H22FN3O3. The van der Waals surface area contributed by atoms with Gasteiger partial charge in [-0.05, 0) is 49.7 Å². The van der Waals surface area contributed by atoms with E-state index in [1.54, 1.807) is 26.1 Å². The quantitative estimate of drug-likeness (QED) is 0.588. The highest BCUT2D eigenvalue weighted by Gasteiger charge is 2.17. The third-order valence-electron chi connectivity index (χ3n) is 4.08. The zero-order valence-electron chi connectivity index (χ0n) is 16.0. The lowest BCUT2D eigenvalue weighted by Gasteiger charge is -2.19. The van der Waals surface area contributed by atoms with Crippen LogP contribution in [0.5, 0.6) is 0 Å². The Morgan fingerprint density at radius 2 is 2.11 bits per heavy atom. The molecule has 0 saturated carbocycles. The lowest BCUT2D eigenvalue weighted by atomic mass is 10.0. The standard InChI is InChI=1S/C21H22FN3O3/c1-14-10-18(24-19(11-14)20(23)27)16-4-5-17(22)15(12-16)6-7-21(2,28)8-9-25(3)13-26/h4-5,10-13,28H,8-9H2,1-3H3,(H2,23,27)/t21-/m0/s1. The molecule has 0 saturated heterocycles. The topological polar surface area (TPSA) is 96.5 Å². The second-order valence-corrected chi connectivity index (χ2v) is 6.83. The van der Waals surface area contributed by atoms with Crippen molar-refractivity contribution < 1.29 is 19.1 Å². The van der Waals surface area contributed by atoms with Crippen molar-refractivity contribution in [3.63, 3.8) is 0 Å². The summed E-state index contributed by atoms with van der Waals surface area (Å²) >= 11 is 0. The highest BCUT2D eigenvalue weighted by Crippen LogP contribution is 2.22. The Morgan fingerprint density at radius 1 is 1.39 bits per heavy atom. The summed E-state index contributed by atoms with van der Waals surface area (Å²) in [6.07, 6.45) is 0.875. The largest absolute Gasteiger partial charge is 0.378 e. The van der Waals surface area contributed by atoms with Gasteiger partial charge in [0.15, 0.2) is 0 Å². The number of carbonyl (C=O) groups excluding carboxylic acids is 2. The van der Waals surface area contributed by atoms with Gasteiger partial charge in [-0.15, -0.1) is 0 Å². The SMILES string of the molecule is Cc1cc(C(N)=O)nc(-c2ccc(F)c(C#C[C@](C)(O)CCN(C)C=O)c2)c1. The second-order valence-electron chi connectivity index (χ2n) is 6.83. The number of nitrogens with zero attached hydrogens (tertiary/aromatic N) is 2. The summed E-state index contributed by atoms with van der Waals surface area (Å²) in [6.45, 7) is 3.62. The Morgan fingerprint density at radius 3 is 2.75 bits per heavy atom. The van der Waals surface area contributed by atoms with Gasteiger partial charge < -0.3 is 15.7 Å². The van der Waals surface area contributed by atoms with Crippen LogP contribution in [0.3, 0.4) is 0 Å². The average molecular weight is 383 g/mol. The number of benzene rings is 1. The van der Waals surface area contributed by atoms with Crippen molar-refractivity contribution >= 4 is 12.3 Å². The van der Waals surface area contributed by atoms with E-state index in [1.165, 1.54) is 30.0 Å². The third kappa shape index (κ3) is 5.63. The molecule has 0 bridgehead atoms. The molecule has 1 aromatic carbocycles. The van der Waals surface area contributed by atoms with Gasteiger partial charge >= 0.3 is 0 Å². The van der Waals surface area contributed by atoms with Gasteiger partial charge in [0.2, 0.25) is 6.41 Å². The molecule has 0 spiro atoms. The minimum atomic E-state index is -1.39. The molecule has 1 atom stereocenters. The predicted molar refractivity (Wildman–Crippen MR) is 104 cm³/mol. The molecule has 146 valence electrons. The van der Waals surface area contributed by atoms with Crippen LogP contribution in [0.4, 0.5) is 4.39 Å². The van der Waals surface area contributed by atoms with E-state index in [1.807, 2.05) is 0 Å². The van der Waals surface area contributed by atoms with E-state index in [9.17, 15) is 19.1 Å². The Bertz CT molecular complexity index is 961. The summed E-state index contributed by atoms with van der Waals surface area (Å²) in [7, 11) is 1.59. The first-order chi connectivity index (χ1) is 13.1. The van der Waals surface area contributed by atoms with Gasteiger partial charge in [-0.25, -0.2) is 9.37 Å². The molecule has 3 N–H and O–H groups in total. The van der Waals surface area contributed by atoms with Crippen molar-refractivity contribution in [1.82, 2.24) is 9.88 Å². The fraction of sp³-hybridized carbons (Fsp3) is 0.286.